The highest BCUT2D eigenvalue weighted by atomic mass is 35.5. The number of rotatable bonds is 3. The van der Waals surface area contributed by atoms with Crippen molar-refractivity contribution in [3.8, 4) is 5.75 Å². The van der Waals surface area contributed by atoms with Crippen molar-refractivity contribution in [3.63, 3.8) is 0 Å². The summed E-state index contributed by atoms with van der Waals surface area (Å²) in [5.74, 6) is -0.671. The van der Waals surface area contributed by atoms with Gasteiger partial charge in [0.15, 0.2) is 6.61 Å². The van der Waals surface area contributed by atoms with E-state index in [4.69, 9.17) is 33.7 Å². The number of carbonyl (C=O) groups is 2. The molecule has 0 aliphatic carbocycles. The molecule has 2 heterocycles. The summed E-state index contributed by atoms with van der Waals surface area (Å²) in [7, 11) is 0. The number of hydrogen-bond acceptors (Lipinski definition) is 3. The summed E-state index contributed by atoms with van der Waals surface area (Å²) in [6.45, 7) is 2.06. The summed E-state index contributed by atoms with van der Waals surface area (Å²) in [5, 5.41) is 4.18. The molecule has 2 amide bonds. The van der Waals surface area contributed by atoms with Crippen LogP contribution in [0.15, 0.2) is 6.07 Å². The lowest BCUT2D eigenvalue weighted by atomic mass is 9.96. The molecular formula is C15H15Cl2N3O3. The predicted molar refractivity (Wildman–Crippen MR) is 88.1 cm³/mol. The van der Waals surface area contributed by atoms with Crippen molar-refractivity contribution >= 4 is 45.9 Å². The Kier molecular flexibility index (Phi) is 4.12. The lowest BCUT2D eigenvalue weighted by molar-refractivity contribution is -0.122. The Bertz CT molecular complexity index is 816. The third kappa shape index (κ3) is 2.72. The minimum Gasteiger partial charge on any atom is -0.483 e. The number of nitrogens with two attached hydrogens (primary N) is 1. The molecule has 0 bridgehead atoms. The Labute approximate surface area is 142 Å². The highest BCUT2D eigenvalue weighted by Gasteiger charge is 2.29. The highest BCUT2D eigenvalue weighted by Crippen LogP contribution is 2.43. The van der Waals surface area contributed by atoms with Crippen LogP contribution in [0.5, 0.6) is 5.75 Å². The third-order valence-electron chi connectivity index (χ3n) is 3.92. The fourth-order valence-electron chi connectivity index (χ4n) is 2.89. The fraction of sp³-hybridized carbons (Fsp3) is 0.333. The molecule has 0 saturated carbocycles. The molecule has 0 fully saturated rings. The zero-order valence-corrected chi connectivity index (χ0v) is 13.8. The number of aromatic amines is 1. The van der Waals surface area contributed by atoms with Gasteiger partial charge in [-0.2, -0.15) is 0 Å². The van der Waals surface area contributed by atoms with Crippen LogP contribution >= 0.6 is 23.2 Å². The summed E-state index contributed by atoms with van der Waals surface area (Å²) in [6, 6.07) is 1.54. The van der Waals surface area contributed by atoms with E-state index in [0.717, 1.165) is 11.3 Å². The van der Waals surface area contributed by atoms with Crippen LogP contribution in [0.4, 0.5) is 0 Å². The number of nitrogens with one attached hydrogen (secondary N) is 2. The van der Waals surface area contributed by atoms with Crippen molar-refractivity contribution in [2.45, 2.75) is 19.3 Å². The average molecular weight is 356 g/mol. The standard InChI is InChI=1S/C15H15Cl2N3O3/c1-6-11-8(2-3-19-15(6)22)20-14-12(11)9(23-5-10(18)21)4-7(16)13(14)17/h4,6,20H,2-3,5H2,1H3,(H2,18,21)(H,19,22). The molecule has 8 heteroatoms. The number of amides is 2. The number of ether oxygens (including phenoxy) is 1. The quantitative estimate of drug-likeness (QED) is 0.786. The van der Waals surface area contributed by atoms with E-state index in [2.05, 4.69) is 10.3 Å². The van der Waals surface area contributed by atoms with E-state index >= 15 is 0 Å². The SMILES string of the molecule is CC1C(=O)NCCc2[nH]c3c(Cl)c(Cl)cc(OCC(N)=O)c3c21. The van der Waals surface area contributed by atoms with Crippen molar-refractivity contribution in [2.24, 2.45) is 5.73 Å². The van der Waals surface area contributed by atoms with Gasteiger partial charge in [-0.3, -0.25) is 9.59 Å². The van der Waals surface area contributed by atoms with Gasteiger partial charge in [-0.1, -0.05) is 23.2 Å². The zero-order valence-electron chi connectivity index (χ0n) is 12.3. The van der Waals surface area contributed by atoms with E-state index < -0.39 is 5.91 Å². The van der Waals surface area contributed by atoms with Gasteiger partial charge in [0.1, 0.15) is 5.75 Å². The predicted octanol–water partition coefficient (Wildman–Crippen LogP) is 2.11. The molecule has 2 aromatic rings. The van der Waals surface area contributed by atoms with Crippen molar-refractivity contribution in [3.05, 3.63) is 27.4 Å². The Morgan fingerprint density at radius 1 is 1.48 bits per heavy atom. The van der Waals surface area contributed by atoms with Gasteiger partial charge >= 0.3 is 0 Å². The first-order chi connectivity index (χ1) is 10.9. The number of aromatic nitrogens is 1. The monoisotopic (exact) mass is 355 g/mol. The van der Waals surface area contributed by atoms with E-state index in [1.165, 1.54) is 0 Å². The molecule has 6 nitrogen and oxygen atoms in total. The van der Waals surface area contributed by atoms with Crippen molar-refractivity contribution in [1.82, 2.24) is 10.3 Å². The van der Waals surface area contributed by atoms with Crippen LogP contribution in [0, 0.1) is 0 Å². The molecule has 1 aliphatic heterocycles. The molecule has 3 rings (SSSR count). The van der Waals surface area contributed by atoms with Gasteiger partial charge in [0.25, 0.3) is 5.91 Å². The van der Waals surface area contributed by atoms with Gasteiger partial charge in [0.2, 0.25) is 5.91 Å². The lowest BCUT2D eigenvalue weighted by Gasteiger charge is -2.13. The van der Waals surface area contributed by atoms with Gasteiger partial charge in [-0.25, -0.2) is 0 Å². The number of hydrogen-bond donors (Lipinski definition) is 3. The van der Waals surface area contributed by atoms with Crippen molar-refractivity contribution < 1.29 is 14.3 Å². The molecule has 4 N–H and O–H groups in total. The van der Waals surface area contributed by atoms with Crippen LogP contribution in [0.3, 0.4) is 0 Å². The summed E-state index contributed by atoms with van der Waals surface area (Å²) in [6.07, 6.45) is 0.642. The van der Waals surface area contributed by atoms with Gasteiger partial charge in [0, 0.05) is 30.1 Å². The van der Waals surface area contributed by atoms with Gasteiger partial charge < -0.3 is 20.8 Å². The topological polar surface area (TPSA) is 97.2 Å². The van der Waals surface area contributed by atoms with Gasteiger partial charge in [-0.05, 0) is 12.5 Å². The second-order valence-electron chi connectivity index (χ2n) is 5.46. The second-order valence-corrected chi connectivity index (χ2v) is 6.24. The molecule has 1 unspecified atom stereocenters. The van der Waals surface area contributed by atoms with Crippen molar-refractivity contribution in [1.29, 1.82) is 0 Å². The maximum atomic E-state index is 12.1. The Morgan fingerprint density at radius 2 is 2.22 bits per heavy atom. The van der Waals surface area contributed by atoms with Crippen LogP contribution < -0.4 is 15.8 Å². The number of benzene rings is 1. The summed E-state index contributed by atoms with van der Waals surface area (Å²) >= 11 is 12.4. The fourth-order valence-corrected chi connectivity index (χ4v) is 3.28. The largest absolute Gasteiger partial charge is 0.483 e. The average Bonchev–Trinajstić information content (AvgIpc) is 2.82. The van der Waals surface area contributed by atoms with E-state index in [-0.39, 0.29) is 18.4 Å². The Balaban J connectivity index is 2.27. The summed E-state index contributed by atoms with van der Waals surface area (Å²) in [5.41, 5.74) is 7.46. The van der Waals surface area contributed by atoms with Crippen LogP contribution in [0.1, 0.15) is 24.1 Å². The number of fused-ring (bicyclic) bond motifs is 3. The molecule has 0 saturated heterocycles. The van der Waals surface area contributed by atoms with Crippen molar-refractivity contribution in [2.75, 3.05) is 13.2 Å². The number of primary amides is 1. The van der Waals surface area contributed by atoms with Crippen LogP contribution in [-0.2, 0) is 16.0 Å². The summed E-state index contributed by atoms with van der Waals surface area (Å²) in [4.78, 5) is 26.4. The molecular weight excluding hydrogens is 341 g/mol. The second kappa shape index (κ2) is 5.94. The van der Waals surface area contributed by atoms with Crippen LogP contribution in [0.2, 0.25) is 10.0 Å². The van der Waals surface area contributed by atoms with E-state index in [0.29, 0.717) is 39.7 Å². The number of carbonyl (C=O) groups excluding carboxylic acids is 2. The first-order valence-electron chi connectivity index (χ1n) is 7.11. The molecule has 1 aliphatic rings. The Morgan fingerprint density at radius 3 is 2.91 bits per heavy atom. The van der Waals surface area contributed by atoms with Crippen LogP contribution in [0.25, 0.3) is 10.9 Å². The van der Waals surface area contributed by atoms with E-state index in [9.17, 15) is 9.59 Å². The van der Waals surface area contributed by atoms with Gasteiger partial charge in [-0.15, -0.1) is 0 Å². The Hall–Kier alpha value is -1.92. The molecule has 23 heavy (non-hydrogen) atoms. The molecule has 122 valence electrons. The molecule has 1 aromatic heterocycles. The van der Waals surface area contributed by atoms with Gasteiger partial charge in [0.05, 0.1) is 21.5 Å². The number of H-pyrrole nitrogens is 1. The molecule has 0 spiro atoms. The molecule has 1 atom stereocenters. The molecule has 0 radical (unpaired) electrons. The minimum absolute atomic E-state index is 0.0726. The third-order valence-corrected chi connectivity index (χ3v) is 4.71. The normalized spacial score (nSPS) is 17.5. The zero-order chi connectivity index (χ0) is 16.7. The van der Waals surface area contributed by atoms with E-state index in [1.807, 2.05) is 6.92 Å². The van der Waals surface area contributed by atoms with E-state index in [1.54, 1.807) is 6.07 Å². The highest BCUT2D eigenvalue weighted by molar-refractivity contribution is 6.45. The first kappa shape index (κ1) is 16.0. The lowest BCUT2D eigenvalue weighted by Crippen LogP contribution is -2.26. The molecule has 1 aromatic carbocycles. The number of halogens is 2. The maximum Gasteiger partial charge on any atom is 0.255 e. The van der Waals surface area contributed by atoms with Crippen LogP contribution in [-0.4, -0.2) is 29.9 Å². The summed E-state index contributed by atoms with van der Waals surface area (Å²) < 4.78 is 5.50. The first-order valence-corrected chi connectivity index (χ1v) is 7.87. The smallest absolute Gasteiger partial charge is 0.255 e. The maximum absolute atomic E-state index is 12.1. The minimum atomic E-state index is -0.600.